The SMILES string of the molecule is COc1ccc(C(CO)C(C)C)c(OC)c1C. The fourth-order valence-electron chi connectivity index (χ4n) is 2.15. The van der Waals surface area contributed by atoms with Gasteiger partial charge in [-0.1, -0.05) is 19.9 Å². The first kappa shape index (κ1) is 13.8. The summed E-state index contributed by atoms with van der Waals surface area (Å²) in [5.41, 5.74) is 2.02. The molecule has 0 amide bonds. The van der Waals surface area contributed by atoms with Crippen LogP contribution >= 0.6 is 0 Å². The standard InChI is InChI=1S/C14H22O3/c1-9(2)12(8-15)11-6-7-13(16-4)10(3)14(11)17-5/h6-7,9,12,15H,8H2,1-5H3. The predicted molar refractivity (Wildman–Crippen MR) is 68.9 cm³/mol. The van der Waals surface area contributed by atoms with Gasteiger partial charge in [0.05, 0.1) is 20.8 Å². The van der Waals surface area contributed by atoms with Crippen LogP contribution in [-0.4, -0.2) is 25.9 Å². The first-order valence-corrected chi connectivity index (χ1v) is 5.89. The summed E-state index contributed by atoms with van der Waals surface area (Å²) in [5, 5.41) is 9.50. The third-order valence-electron chi connectivity index (χ3n) is 3.21. The molecule has 0 spiro atoms. The third kappa shape index (κ3) is 2.72. The Kier molecular flexibility index (Phi) is 4.82. The van der Waals surface area contributed by atoms with Crippen LogP contribution in [0.15, 0.2) is 12.1 Å². The lowest BCUT2D eigenvalue weighted by Crippen LogP contribution is -2.13. The molecule has 0 aliphatic carbocycles. The highest BCUT2D eigenvalue weighted by molar-refractivity contribution is 5.50. The van der Waals surface area contributed by atoms with Crippen LogP contribution < -0.4 is 9.47 Å². The van der Waals surface area contributed by atoms with E-state index >= 15 is 0 Å². The van der Waals surface area contributed by atoms with Gasteiger partial charge in [-0.05, 0) is 18.9 Å². The number of rotatable bonds is 5. The Bertz CT molecular complexity index is 372. The largest absolute Gasteiger partial charge is 0.496 e. The number of hydrogen-bond acceptors (Lipinski definition) is 3. The summed E-state index contributed by atoms with van der Waals surface area (Å²) in [7, 11) is 3.30. The van der Waals surface area contributed by atoms with Crippen molar-refractivity contribution in [1.29, 1.82) is 0 Å². The van der Waals surface area contributed by atoms with Gasteiger partial charge < -0.3 is 14.6 Å². The van der Waals surface area contributed by atoms with Crippen LogP contribution in [0, 0.1) is 12.8 Å². The Balaban J connectivity index is 3.29. The van der Waals surface area contributed by atoms with Gasteiger partial charge in [0.1, 0.15) is 11.5 Å². The van der Waals surface area contributed by atoms with Crippen LogP contribution in [0.5, 0.6) is 11.5 Å². The molecule has 1 unspecified atom stereocenters. The summed E-state index contributed by atoms with van der Waals surface area (Å²) < 4.78 is 10.7. The van der Waals surface area contributed by atoms with Crippen molar-refractivity contribution in [1.82, 2.24) is 0 Å². The van der Waals surface area contributed by atoms with Crippen LogP contribution in [0.25, 0.3) is 0 Å². The highest BCUT2D eigenvalue weighted by Crippen LogP contribution is 2.37. The van der Waals surface area contributed by atoms with Crippen molar-refractivity contribution in [3.05, 3.63) is 23.3 Å². The molecule has 0 fully saturated rings. The Morgan fingerprint density at radius 2 is 1.82 bits per heavy atom. The van der Waals surface area contributed by atoms with E-state index in [4.69, 9.17) is 9.47 Å². The average Bonchev–Trinajstić information content (AvgIpc) is 2.30. The lowest BCUT2D eigenvalue weighted by Gasteiger charge is -2.23. The Morgan fingerprint density at radius 3 is 2.24 bits per heavy atom. The van der Waals surface area contributed by atoms with Crippen molar-refractivity contribution < 1.29 is 14.6 Å². The molecule has 0 heterocycles. The summed E-state index contributed by atoms with van der Waals surface area (Å²) in [6.07, 6.45) is 0. The number of aliphatic hydroxyl groups is 1. The van der Waals surface area contributed by atoms with Crippen molar-refractivity contribution in [2.45, 2.75) is 26.7 Å². The molecule has 0 aliphatic rings. The zero-order chi connectivity index (χ0) is 13.0. The van der Waals surface area contributed by atoms with Crippen molar-refractivity contribution in [2.75, 3.05) is 20.8 Å². The molecule has 17 heavy (non-hydrogen) atoms. The van der Waals surface area contributed by atoms with Crippen molar-refractivity contribution >= 4 is 0 Å². The third-order valence-corrected chi connectivity index (χ3v) is 3.21. The minimum atomic E-state index is 0.0922. The number of ether oxygens (including phenoxy) is 2. The topological polar surface area (TPSA) is 38.7 Å². The molecule has 0 aromatic heterocycles. The van der Waals surface area contributed by atoms with E-state index in [9.17, 15) is 5.11 Å². The molecule has 0 radical (unpaired) electrons. The quantitative estimate of drug-likeness (QED) is 0.857. The predicted octanol–water partition coefficient (Wildman–Crippen LogP) is 2.74. The van der Waals surface area contributed by atoms with Gasteiger partial charge in [-0.15, -0.1) is 0 Å². The fraction of sp³-hybridized carbons (Fsp3) is 0.571. The van der Waals surface area contributed by atoms with Crippen LogP contribution in [0.4, 0.5) is 0 Å². The number of hydrogen-bond donors (Lipinski definition) is 1. The van der Waals surface area contributed by atoms with Gasteiger partial charge in [-0.2, -0.15) is 0 Å². The Hall–Kier alpha value is -1.22. The number of benzene rings is 1. The minimum absolute atomic E-state index is 0.0922. The van der Waals surface area contributed by atoms with Crippen LogP contribution in [-0.2, 0) is 0 Å². The van der Waals surface area contributed by atoms with E-state index < -0.39 is 0 Å². The summed E-state index contributed by atoms with van der Waals surface area (Å²) in [6.45, 7) is 6.29. The second-order valence-electron chi connectivity index (χ2n) is 4.55. The monoisotopic (exact) mass is 238 g/mol. The van der Waals surface area contributed by atoms with Crippen molar-refractivity contribution in [3.63, 3.8) is 0 Å². The maximum absolute atomic E-state index is 9.50. The molecule has 0 saturated carbocycles. The van der Waals surface area contributed by atoms with E-state index in [1.807, 2.05) is 19.1 Å². The molecule has 3 heteroatoms. The highest BCUT2D eigenvalue weighted by atomic mass is 16.5. The molecule has 1 aromatic rings. The highest BCUT2D eigenvalue weighted by Gasteiger charge is 2.21. The lowest BCUT2D eigenvalue weighted by atomic mass is 9.87. The summed E-state index contributed by atoms with van der Waals surface area (Å²) in [6, 6.07) is 3.91. The molecule has 3 nitrogen and oxygen atoms in total. The first-order valence-electron chi connectivity index (χ1n) is 5.89. The molecule has 1 atom stereocenters. The summed E-state index contributed by atoms with van der Waals surface area (Å²) >= 11 is 0. The molecule has 0 saturated heterocycles. The van der Waals surface area contributed by atoms with Gasteiger partial charge in [0.25, 0.3) is 0 Å². The fourth-order valence-corrected chi connectivity index (χ4v) is 2.15. The molecule has 1 N–H and O–H groups in total. The maximum Gasteiger partial charge on any atom is 0.129 e. The normalized spacial score (nSPS) is 12.6. The second-order valence-corrected chi connectivity index (χ2v) is 4.55. The molecule has 96 valence electrons. The smallest absolute Gasteiger partial charge is 0.129 e. The Labute approximate surface area is 103 Å². The molecule has 0 bridgehead atoms. The minimum Gasteiger partial charge on any atom is -0.496 e. The Morgan fingerprint density at radius 1 is 1.18 bits per heavy atom. The molecular formula is C14H22O3. The van der Waals surface area contributed by atoms with Gasteiger partial charge in [-0.3, -0.25) is 0 Å². The zero-order valence-corrected chi connectivity index (χ0v) is 11.3. The zero-order valence-electron chi connectivity index (χ0n) is 11.3. The summed E-state index contributed by atoms with van der Waals surface area (Å²) in [4.78, 5) is 0. The number of methoxy groups -OCH3 is 2. The second kappa shape index (κ2) is 5.92. The van der Waals surface area contributed by atoms with Crippen molar-refractivity contribution in [2.24, 2.45) is 5.92 Å². The van der Waals surface area contributed by atoms with Gasteiger partial charge in [-0.25, -0.2) is 0 Å². The van der Waals surface area contributed by atoms with Crippen LogP contribution in [0.2, 0.25) is 0 Å². The van der Waals surface area contributed by atoms with E-state index in [0.29, 0.717) is 5.92 Å². The van der Waals surface area contributed by atoms with E-state index in [0.717, 1.165) is 22.6 Å². The average molecular weight is 238 g/mol. The van der Waals surface area contributed by atoms with Gasteiger partial charge in [0, 0.05) is 17.0 Å². The maximum atomic E-state index is 9.50. The molecule has 0 aliphatic heterocycles. The van der Waals surface area contributed by atoms with Crippen molar-refractivity contribution in [3.8, 4) is 11.5 Å². The summed E-state index contributed by atoms with van der Waals surface area (Å²) in [5.74, 6) is 2.08. The van der Waals surface area contributed by atoms with Crippen LogP contribution in [0.1, 0.15) is 30.9 Å². The first-order chi connectivity index (χ1) is 8.06. The molecular weight excluding hydrogens is 216 g/mol. The van der Waals surface area contributed by atoms with Gasteiger partial charge in [0.15, 0.2) is 0 Å². The van der Waals surface area contributed by atoms with E-state index in [1.54, 1.807) is 14.2 Å². The molecule has 1 rings (SSSR count). The number of aliphatic hydroxyl groups excluding tert-OH is 1. The van der Waals surface area contributed by atoms with Crippen LogP contribution in [0.3, 0.4) is 0 Å². The lowest BCUT2D eigenvalue weighted by molar-refractivity contribution is 0.233. The van der Waals surface area contributed by atoms with Gasteiger partial charge >= 0.3 is 0 Å². The van der Waals surface area contributed by atoms with E-state index in [-0.39, 0.29) is 12.5 Å². The van der Waals surface area contributed by atoms with E-state index in [1.165, 1.54) is 0 Å². The van der Waals surface area contributed by atoms with E-state index in [2.05, 4.69) is 13.8 Å². The van der Waals surface area contributed by atoms with Gasteiger partial charge in [0.2, 0.25) is 0 Å². The molecule has 1 aromatic carbocycles.